The second-order valence-corrected chi connectivity index (χ2v) is 6.10. The van der Waals surface area contributed by atoms with E-state index in [0.29, 0.717) is 0 Å². The summed E-state index contributed by atoms with van der Waals surface area (Å²) in [7, 11) is -5.16. The number of ether oxygens (including phenoxy) is 1. The third-order valence-electron chi connectivity index (χ3n) is 3.36. The van der Waals surface area contributed by atoms with Gasteiger partial charge in [-0.15, -0.1) is 0 Å². The number of hydrogen-bond donors (Lipinski definition) is 3. The van der Waals surface area contributed by atoms with Crippen LogP contribution in [0.15, 0.2) is 11.1 Å². The largest absolute Gasteiger partial charge is 2.00 e. The quantitative estimate of drug-likeness (QED) is 0.295. The zero-order chi connectivity index (χ0) is 16.8. The Hall–Kier alpha value is -0.249. The first-order valence-electron chi connectivity index (χ1n) is 6.47. The van der Waals surface area contributed by atoms with Crippen molar-refractivity contribution in [2.75, 3.05) is 12.3 Å². The minimum Gasteiger partial charge on any atom is -0.790 e. The average Bonchev–Trinajstić information content (AvgIpc) is 2.99. The molecule has 3 heterocycles. The van der Waals surface area contributed by atoms with E-state index in [4.69, 9.17) is 10.5 Å². The van der Waals surface area contributed by atoms with E-state index in [1.165, 1.54) is 10.9 Å². The Balaban J connectivity index is 0.00000208. The molecule has 3 rings (SSSR count). The number of rotatable bonds is 4. The molecule has 0 amide bonds. The first-order chi connectivity index (χ1) is 10.7. The molecule has 1 aliphatic rings. The van der Waals surface area contributed by atoms with Crippen molar-refractivity contribution < 1.29 is 28.7 Å². The number of nitrogens with two attached hydrogens (primary N) is 1. The number of nitrogens with one attached hydrogen (secondary N) is 1. The molecule has 12 nitrogen and oxygen atoms in total. The molecule has 24 heavy (non-hydrogen) atoms. The van der Waals surface area contributed by atoms with Crippen LogP contribution in [0, 0.1) is 0 Å². The smallest absolute Gasteiger partial charge is 0.790 e. The minimum atomic E-state index is -5.16. The van der Waals surface area contributed by atoms with Crippen LogP contribution in [0.25, 0.3) is 11.2 Å². The summed E-state index contributed by atoms with van der Waals surface area (Å²) in [5.41, 5.74) is 5.16. The molecule has 1 fully saturated rings. The molecule has 126 valence electrons. The average molecular weight is 483 g/mol. The number of nitrogen functional groups attached to an aromatic ring is 1. The molecule has 3 atom stereocenters. The number of H-pyrrole nitrogens is 1. The van der Waals surface area contributed by atoms with Crippen LogP contribution in [-0.2, 0) is 13.8 Å². The van der Waals surface area contributed by atoms with E-state index in [9.17, 15) is 24.3 Å². The Morgan fingerprint density at radius 1 is 1.58 bits per heavy atom. The summed E-state index contributed by atoms with van der Waals surface area (Å²) in [4.78, 5) is 42.8. The molecule has 0 bridgehead atoms. The molecule has 2 aromatic heterocycles. The molecule has 1 aliphatic heterocycles. The summed E-state index contributed by atoms with van der Waals surface area (Å²) in [6.45, 7) is -0.606. The summed E-state index contributed by atoms with van der Waals surface area (Å²) >= 11 is 0. The topological polar surface area (TPSA) is 191 Å². The summed E-state index contributed by atoms with van der Waals surface area (Å²) in [5.74, 6) is -0.110. The van der Waals surface area contributed by atoms with Gasteiger partial charge in [-0.2, -0.15) is 4.98 Å². The number of aromatic nitrogens is 4. The number of phosphoric ester groups is 1. The van der Waals surface area contributed by atoms with E-state index in [-0.39, 0.29) is 72.4 Å². The van der Waals surface area contributed by atoms with Gasteiger partial charge in [0, 0.05) is 6.42 Å². The van der Waals surface area contributed by atoms with E-state index in [0.717, 1.165) is 0 Å². The van der Waals surface area contributed by atoms with Crippen LogP contribution < -0.4 is 21.1 Å². The van der Waals surface area contributed by atoms with Crippen molar-refractivity contribution in [2.45, 2.75) is 24.9 Å². The fourth-order valence-electron chi connectivity index (χ4n) is 2.35. The predicted molar refractivity (Wildman–Crippen MR) is 76.4 cm³/mol. The molecule has 14 heteroatoms. The van der Waals surface area contributed by atoms with Crippen molar-refractivity contribution in [3.05, 3.63) is 16.7 Å². The SMILES string of the molecule is Nc1nc2c(ncn2[C@H]2C[C@H](O)[C@@H](COP(=O)([O-])[O-])O2)c(=O)[nH]1.[Ba+2]. The summed E-state index contributed by atoms with van der Waals surface area (Å²) in [6, 6.07) is 0. The van der Waals surface area contributed by atoms with Crippen molar-refractivity contribution >= 4 is 73.8 Å². The molecule has 1 saturated heterocycles. The number of aliphatic hydroxyl groups excluding tert-OH is 1. The van der Waals surface area contributed by atoms with Gasteiger partial charge >= 0.3 is 48.9 Å². The van der Waals surface area contributed by atoms with Gasteiger partial charge in [-0.05, 0) is 0 Å². The molecule has 0 aromatic carbocycles. The second-order valence-electron chi connectivity index (χ2n) is 4.95. The normalized spacial score (nSPS) is 24.2. The number of phosphoric acid groups is 1. The number of aromatic amines is 1. The van der Waals surface area contributed by atoms with Crippen molar-refractivity contribution in [1.29, 1.82) is 0 Å². The summed E-state index contributed by atoms with van der Waals surface area (Å²) in [5, 5.41) is 9.89. The van der Waals surface area contributed by atoms with Crippen LogP contribution in [0.3, 0.4) is 0 Å². The Kier molecular flexibility index (Phi) is 6.32. The van der Waals surface area contributed by atoms with Crippen LogP contribution in [0.5, 0.6) is 0 Å². The Labute approximate surface area is 174 Å². The Morgan fingerprint density at radius 2 is 2.29 bits per heavy atom. The Bertz CT molecular complexity index is 835. The van der Waals surface area contributed by atoms with Crippen LogP contribution in [0.4, 0.5) is 5.95 Å². The first kappa shape index (κ1) is 20.1. The van der Waals surface area contributed by atoms with Crippen molar-refractivity contribution in [1.82, 2.24) is 19.5 Å². The molecule has 0 saturated carbocycles. The van der Waals surface area contributed by atoms with Gasteiger partial charge in [0.2, 0.25) is 5.95 Å². The Morgan fingerprint density at radius 3 is 2.96 bits per heavy atom. The molecule has 0 aliphatic carbocycles. The van der Waals surface area contributed by atoms with Gasteiger partial charge in [0.25, 0.3) is 5.56 Å². The molecule has 0 spiro atoms. The standard InChI is InChI=1S/C10H14N5O7P.Ba/c11-10-13-8-7(9(17)14-10)12-3-15(8)6-1-4(16)5(22-6)2-21-23(18,19)20;/h3-6,16H,1-2H2,(H2,18,19,20)(H3,11,13,14,17);/q;+2/p-2/t4-,5+,6+;/m0./s1. The van der Waals surface area contributed by atoms with Gasteiger partial charge in [0.1, 0.15) is 12.3 Å². The van der Waals surface area contributed by atoms with Crippen LogP contribution >= 0.6 is 7.82 Å². The monoisotopic (exact) mass is 483 g/mol. The van der Waals surface area contributed by atoms with Crippen molar-refractivity contribution in [3.8, 4) is 0 Å². The van der Waals surface area contributed by atoms with Gasteiger partial charge in [0.15, 0.2) is 11.2 Å². The molecule has 0 unspecified atom stereocenters. The first-order valence-corrected chi connectivity index (χ1v) is 7.93. The number of anilines is 1. The maximum Gasteiger partial charge on any atom is 2.00 e. The van der Waals surface area contributed by atoms with E-state index in [1.807, 2.05) is 0 Å². The van der Waals surface area contributed by atoms with Crippen LogP contribution in [-0.4, -0.2) is 92.3 Å². The fraction of sp³-hybridized carbons (Fsp3) is 0.500. The van der Waals surface area contributed by atoms with E-state index in [1.54, 1.807) is 0 Å². The van der Waals surface area contributed by atoms with Gasteiger partial charge in [0.05, 0.1) is 26.9 Å². The predicted octanol–water partition coefficient (Wildman–Crippen LogP) is -3.19. The van der Waals surface area contributed by atoms with Gasteiger partial charge in [-0.3, -0.25) is 14.3 Å². The van der Waals surface area contributed by atoms with E-state index < -0.39 is 38.4 Å². The van der Waals surface area contributed by atoms with Gasteiger partial charge in [-0.1, -0.05) is 0 Å². The zero-order valence-electron chi connectivity index (χ0n) is 12.2. The third kappa shape index (κ3) is 4.29. The second kappa shape index (κ2) is 7.55. The number of imidazole rings is 1. The van der Waals surface area contributed by atoms with Crippen LogP contribution in [0.2, 0.25) is 0 Å². The number of aliphatic hydroxyl groups is 1. The number of nitrogens with zero attached hydrogens (tertiary/aromatic N) is 3. The molecule has 4 N–H and O–H groups in total. The van der Waals surface area contributed by atoms with Crippen molar-refractivity contribution in [3.63, 3.8) is 0 Å². The summed E-state index contributed by atoms with van der Waals surface area (Å²) in [6.07, 6.45) is -1.50. The third-order valence-corrected chi connectivity index (χ3v) is 3.83. The molecular formula is C10H12BaN5O7P. The molecule has 0 radical (unpaired) electrons. The molecular weight excluding hydrogens is 470 g/mol. The fourth-order valence-corrected chi connectivity index (χ4v) is 2.68. The minimum absolute atomic E-state index is 0. The molecule has 2 aromatic rings. The van der Waals surface area contributed by atoms with E-state index >= 15 is 0 Å². The summed E-state index contributed by atoms with van der Waals surface area (Å²) < 4.78 is 21.5. The van der Waals surface area contributed by atoms with Crippen molar-refractivity contribution in [2.24, 2.45) is 0 Å². The van der Waals surface area contributed by atoms with Gasteiger partial charge in [-0.25, -0.2) is 4.98 Å². The maximum atomic E-state index is 11.7. The van der Waals surface area contributed by atoms with E-state index in [2.05, 4.69) is 19.5 Å². The number of hydrogen-bond acceptors (Lipinski definition) is 10. The maximum absolute atomic E-state index is 11.7. The van der Waals surface area contributed by atoms with Crippen LogP contribution in [0.1, 0.15) is 12.6 Å². The zero-order valence-corrected chi connectivity index (χ0v) is 17.5. The van der Waals surface area contributed by atoms with Gasteiger partial charge < -0.3 is 34.5 Å². The number of fused-ring (bicyclic) bond motifs is 1.